The molecule has 0 aliphatic carbocycles. The largest absolute Gasteiger partial charge is 0.417 e. The first-order valence-corrected chi connectivity index (χ1v) is 6.69. The Balaban J connectivity index is 2.29. The van der Waals surface area contributed by atoms with E-state index in [2.05, 4.69) is 18.7 Å². The van der Waals surface area contributed by atoms with Gasteiger partial charge in [0.2, 0.25) is 0 Å². The Hall–Kier alpha value is -1.70. The van der Waals surface area contributed by atoms with E-state index < -0.39 is 11.7 Å². The zero-order valence-corrected chi connectivity index (χ0v) is 11.5. The minimum absolute atomic E-state index is 0.304. The normalized spacial score (nSPS) is 23.5. The lowest BCUT2D eigenvalue weighted by atomic mass is 9.88. The van der Waals surface area contributed by atoms with Crippen molar-refractivity contribution in [2.24, 2.45) is 11.8 Å². The van der Waals surface area contributed by atoms with Crippen molar-refractivity contribution in [3.8, 4) is 6.07 Å². The van der Waals surface area contributed by atoms with Crippen molar-refractivity contribution in [3.05, 3.63) is 29.3 Å². The van der Waals surface area contributed by atoms with Crippen LogP contribution in [-0.4, -0.2) is 13.1 Å². The van der Waals surface area contributed by atoms with Crippen molar-refractivity contribution >= 4 is 5.69 Å². The molecular formula is C15H17F3N2. The van der Waals surface area contributed by atoms with E-state index in [1.807, 2.05) is 0 Å². The maximum absolute atomic E-state index is 12.8. The van der Waals surface area contributed by atoms with E-state index in [0.29, 0.717) is 17.5 Å². The van der Waals surface area contributed by atoms with E-state index in [1.54, 1.807) is 6.07 Å². The Bertz CT molecular complexity index is 531. The molecule has 1 heterocycles. The number of rotatable bonds is 1. The summed E-state index contributed by atoms with van der Waals surface area (Å²) in [5, 5.41) is 8.93. The molecule has 0 aromatic heterocycles. The van der Waals surface area contributed by atoms with Gasteiger partial charge in [-0.05, 0) is 36.5 Å². The third kappa shape index (κ3) is 2.90. The Morgan fingerprint density at radius 2 is 1.95 bits per heavy atom. The van der Waals surface area contributed by atoms with E-state index in [1.165, 1.54) is 12.1 Å². The van der Waals surface area contributed by atoms with Crippen molar-refractivity contribution in [2.45, 2.75) is 26.4 Å². The molecule has 2 unspecified atom stereocenters. The number of halogens is 3. The zero-order chi connectivity index (χ0) is 14.9. The molecule has 0 N–H and O–H groups in total. The summed E-state index contributed by atoms with van der Waals surface area (Å²) in [6.07, 6.45) is -3.46. The number of alkyl halides is 3. The van der Waals surface area contributed by atoms with Crippen LogP contribution in [0.2, 0.25) is 0 Å². The van der Waals surface area contributed by atoms with Crippen molar-refractivity contribution < 1.29 is 13.2 Å². The number of benzene rings is 1. The van der Waals surface area contributed by atoms with Crippen molar-refractivity contribution in [1.29, 1.82) is 5.26 Å². The summed E-state index contributed by atoms with van der Waals surface area (Å²) >= 11 is 0. The molecular weight excluding hydrogens is 265 g/mol. The molecule has 20 heavy (non-hydrogen) atoms. The number of nitrogens with zero attached hydrogens (tertiary/aromatic N) is 2. The van der Waals surface area contributed by atoms with Gasteiger partial charge in [-0.3, -0.25) is 0 Å². The van der Waals surface area contributed by atoms with E-state index in [0.717, 1.165) is 25.6 Å². The molecule has 0 amide bonds. The van der Waals surface area contributed by atoms with Crippen molar-refractivity contribution in [1.82, 2.24) is 0 Å². The average molecular weight is 282 g/mol. The first kappa shape index (κ1) is 14.7. The second kappa shape index (κ2) is 5.35. The van der Waals surface area contributed by atoms with Gasteiger partial charge in [-0.25, -0.2) is 0 Å². The molecule has 5 heteroatoms. The van der Waals surface area contributed by atoms with E-state index >= 15 is 0 Å². The summed E-state index contributed by atoms with van der Waals surface area (Å²) in [5.41, 5.74) is -0.461. The lowest BCUT2D eigenvalue weighted by molar-refractivity contribution is -0.137. The molecule has 1 aromatic rings. The SMILES string of the molecule is CC1CCN(c2ccc(C(F)(F)F)c(C#N)c2)CC1C. The molecule has 1 saturated heterocycles. The molecule has 2 atom stereocenters. The number of hydrogen-bond donors (Lipinski definition) is 0. The van der Waals surface area contributed by atoms with Gasteiger partial charge in [-0.1, -0.05) is 13.8 Å². The Kier molecular flexibility index (Phi) is 3.94. The molecule has 2 nitrogen and oxygen atoms in total. The fraction of sp³-hybridized carbons (Fsp3) is 0.533. The molecule has 1 fully saturated rings. The Morgan fingerprint density at radius 3 is 2.50 bits per heavy atom. The molecule has 0 saturated carbocycles. The summed E-state index contributed by atoms with van der Waals surface area (Å²) in [4.78, 5) is 2.06. The van der Waals surface area contributed by atoms with Crippen LogP contribution in [-0.2, 0) is 6.18 Å². The van der Waals surface area contributed by atoms with Crippen LogP contribution in [0.1, 0.15) is 31.4 Å². The van der Waals surface area contributed by atoms with Gasteiger partial charge < -0.3 is 4.90 Å². The summed E-state index contributed by atoms with van der Waals surface area (Å²) in [6.45, 7) is 5.97. The third-order valence-electron chi connectivity index (χ3n) is 4.13. The predicted molar refractivity (Wildman–Crippen MR) is 71.3 cm³/mol. The lowest BCUT2D eigenvalue weighted by Crippen LogP contribution is -2.38. The van der Waals surface area contributed by atoms with Gasteiger partial charge in [-0.2, -0.15) is 18.4 Å². The topological polar surface area (TPSA) is 27.0 Å². The van der Waals surface area contributed by atoms with Gasteiger partial charge in [0.1, 0.15) is 0 Å². The van der Waals surface area contributed by atoms with Gasteiger partial charge in [0.15, 0.2) is 0 Å². The van der Waals surface area contributed by atoms with E-state index in [4.69, 9.17) is 5.26 Å². The summed E-state index contributed by atoms with van der Waals surface area (Å²) in [6, 6.07) is 5.48. The third-order valence-corrected chi connectivity index (χ3v) is 4.13. The average Bonchev–Trinajstić information content (AvgIpc) is 2.40. The fourth-order valence-electron chi connectivity index (χ4n) is 2.57. The van der Waals surface area contributed by atoms with Crippen LogP contribution >= 0.6 is 0 Å². The Morgan fingerprint density at radius 1 is 1.25 bits per heavy atom. The lowest BCUT2D eigenvalue weighted by Gasteiger charge is -2.37. The molecule has 108 valence electrons. The first-order chi connectivity index (χ1) is 9.32. The minimum atomic E-state index is -4.48. The molecule has 2 rings (SSSR count). The van der Waals surface area contributed by atoms with E-state index in [9.17, 15) is 13.2 Å². The highest BCUT2D eigenvalue weighted by Gasteiger charge is 2.34. The van der Waals surface area contributed by atoms with Crippen molar-refractivity contribution in [3.63, 3.8) is 0 Å². The summed E-state index contributed by atoms with van der Waals surface area (Å²) in [5.74, 6) is 1.12. The van der Waals surface area contributed by atoms with Crippen LogP contribution in [0.25, 0.3) is 0 Å². The molecule has 0 bridgehead atoms. The minimum Gasteiger partial charge on any atom is -0.371 e. The number of nitriles is 1. The molecule has 1 aromatic carbocycles. The smallest absolute Gasteiger partial charge is 0.371 e. The maximum atomic E-state index is 12.8. The number of piperidine rings is 1. The summed E-state index contributed by atoms with van der Waals surface area (Å²) in [7, 11) is 0. The summed E-state index contributed by atoms with van der Waals surface area (Å²) < 4.78 is 38.3. The van der Waals surface area contributed by atoms with Crippen LogP contribution < -0.4 is 4.90 Å². The molecule has 0 radical (unpaired) electrons. The number of hydrogen-bond acceptors (Lipinski definition) is 2. The standard InChI is InChI=1S/C15H17F3N2/c1-10-5-6-20(9-11(10)2)13-3-4-14(15(16,17)18)12(7-13)8-19/h3-4,7,10-11H,5-6,9H2,1-2H3. The second-order valence-corrected chi connectivity index (χ2v) is 5.53. The van der Waals surface area contributed by atoms with Gasteiger partial charge in [0.25, 0.3) is 0 Å². The van der Waals surface area contributed by atoms with E-state index in [-0.39, 0.29) is 5.56 Å². The fourth-order valence-corrected chi connectivity index (χ4v) is 2.57. The molecule has 1 aliphatic heterocycles. The van der Waals surface area contributed by atoms with Gasteiger partial charge in [0.05, 0.1) is 17.2 Å². The van der Waals surface area contributed by atoms with Crippen LogP contribution in [0.5, 0.6) is 0 Å². The van der Waals surface area contributed by atoms with Gasteiger partial charge >= 0.3 is 6.18 Å². The van der Waals surface area contributed by atoms with Gasteiger partial charge in [0, 0.05) is 18.8 Å². The molecule has 1 aliphatic rings. The predicted octanol–water partition coefficient (Wildman–Crippen LogP) is 4.06. The van der Waals surface area contributed by atoms with Gasteiger partial charge in [-0.15, -0.1) is 0 Å². The quantitative estimate of drug-likeness (QED) is 0.776. The van der Waals surface area contributed by atoms with Crippen molar-refractivity contribution in [2.75, 3.05) is 18.0 Å². The Labute approximate surface area is 116 Å². The maximum Gasteiger partial charge on any atom is 0.417 e. The highest BCUT2D eigenvalue weighted by atomic mass is 19.4. The highest BCUT2D eigenvalue weighted by Crippen LogP contribution is 2.35. The zero-order valence-electron chi connectivity index (χ0n) is 11.5. The monoisotopic (exact) mass is 282 g/mol. The van der Waals surface area contributed by atoms with Crippen LogP contribution in [0.15, 0.2) is 18.2 Å². The van der Waals surface area contributed by atoms with Crippen LogP contribution in [0, 0.1) is 23.2 Å². The highest BCUT2D eigenvalue weighted by molar-refractivity contribution is 5.55. The number of anilines is 1. The first-order valence-electron chi connectivity index (χ1n) is 6.69. The second-order valence-electron chi connectivity index (χ2n) is 5.53. The molecule has 0 spiro atoms. The van der Waals surface area contributed by atoms with Crippen LogP contribution in [0.3, 0.4) is 0 Å². The van der Waals surface area contributed by atoms with Crippen LogP contribution in [0.4, 0.5) is 18.9 Å².